The molecule has 120 valence electrons. The Bertz CT molecular complexity index is 772. The van der Waals surface area contributed by atoms with Crippen molar-refractivity contribution in [2.45, 2.75) is 58.4 Å². The zero-order valence-electron chi connectivity index (χ0n) is 14.2. The number of fused-ring (bicyclic) bond motifs is 2. The zero-order chi connectivity index (χ0) is 16.2. The number of nitrogens with zero attached hydrogens (tertiary/aromatic N) is 2. The Morgan fingerprint density at radius 2 is 1.87 bits per heavy atom. The Balaban J connectivity index is 1.81. The highest BCUT2D eigenvalue weighted by Gasteiger charge is 2.36. The SMILES string of the molecule is CC1CCC(n2cnc3c2C(=O)CC(C)(C)C3)c2ccccc21. The summed E-state index contributed by atoms with van der Waals surface area (Å²) in [6.45, 7) is 6.61. The normalized spacial score (nSPS) is 25.8. The van der Waals surface area contributed by atoms with Crippen LogP contribution in [0.25, 0.3) is 0 Å². The lowest BCUT2D eigenvalue weighted by atomic mass is 9.76. The molecule has 3 heteroatoms. The van der Waals surface area contributed by atoms with E-state index in [1.807, 2.05) is 6.33 Å². The van der Waals surface area contributed by atoms with Gasteiger partial charge in [-0.1, -0.05) is 45.0 Å². The molecule has 0 saturated heterocycles. The van der Waals surface area contributed by atoms with E-state index >= 15 is 0 Å². The summed E-state index contributed by atoms with van der Waals surface area (Å²) in [6.07, 6.45) is 5.66. The molecule has 0 saturated carbocycles. The Morgan fingerprint density at radius 1 is 1.13 bits per heavy atom. The molecular formula is C20H24N2O. The number of Topliss-reactive ketones (excluding diaryl/α,β-unsaturated/α-hetero) is 1. The van der Waals surface area contributed by atoms with E-state index in [-0.39, 0.29) is 17.2 Å². The van der Waals surface area contributed by atoms with E-state index < -0.39 is 0 Å². The lowest BCUT2D eigenvalue weighted by Crippen LogP contribution is -2.30. The summed E-state index contributed by atoms with van der Waals surface area (Å²) in [5.74, 6) is 0.848. The van der Waals surface area contributed by atoms with E-state index in [1.165, 1.54) is 11.1 Å². The summed E-state index contributed by atoms with van der Waals surface area (Å²) in [7, 11) is 0. The number of hydrogen-bond donors (Lipinski definition) is 0. The van der Waals surface area contributed by atoms with Gasteiger partial charge in [0, 0.05) is 6.42 Å². The molecule has 0 N–H and O–H groups in total. The van der Waals surface area contributed by atoms with Crippen molar-refractivity contribution in [2.75, 3.05) is 0 Å². The van der Waals surface area contributed by atoms with Crippen molar-refractivity contribution in [3.05, 3.63) is 53.1 Å². The first-order valence-electron chi connectivity index (χ1n) is 8.64. The zero-order valence-corrected chi connectivity index (χ0v) is 14.2. The molecule has 0 amide bonds. The van der Waals surface area contributed by atoms with Gasteiger partial charge in [0.15, 0.2) is 5.78 Å². The molecule has 0 bridgehead atoms. The summed E-state index contributed by atoms with van der Waals surface area (Å²) in [5.41, 5.74) is 4.67. The number of rotatable bonds is 1. The van der Waals surface area contributed by atoms with Gasteiger partial charge in [0.25, 0.3) is 0 Å². The second-order valence-corrected chi connectivity index (χ2v) is 8.01. The Morgan fingerprint density at radius 3 is 2.65 bits per heavy atom. The van der Waals surface area contributed by atoms with Crippen molar-refractivity contribution in [1.82, 2.24) is 9.55 Å². The van der Waals surface area contributed by atoms with Crippen molar-refractivity contribution in [2.24, 2.45) is 5.41 Å². The number of aromatic nitrogens is 2. The van der Waals surface area contributed by atoms with E-state index in [2.05, 4.69) is 54.6 Å². The smallest absolute Gasteiger partial charge is 0.181 e. The van der Waals surface area contributed by atoms with Crippen LogP contribution in [-0.4, -0.2) is 15.3 Å². The van der Waals surface area contributed by atoms with Gasteiger partial charge < -0.3 is 4.57 Å². The fourth-order valence-corrected chi connectivity index (χ4v) is 4.38. The van der Waals surface area contributed by atoms with Crippen molar-refractivity contribution in [3.8, 4) is 0 Å². The Labute approximate surface area is 137 Å². The molecule has 2 unspecified atom stereocenters. The van der Waals surface area contributed by atoms with Crippen LogP contribution in [0.15, 0.2) is 30.6 Å². The first kappa shape index (κ1) is 14.7. The highest BCUT2D eigenvalue weighted by molar-refractivity contribution is 5.97. The molecule has 2 atom stereocenters. The van der Waals surface area contributed by atoms with Gasteiger partial charge in [-0.15, -0.1) is 0 Å². The number of ketones is 1. The van der Waals surface area contributed by atoms with Crippen LogP contribution in [0, 0.1) is 5.41 Å². The summed E-state index contributed by atoms with van der Waals surface area (Å²) >= 11 is 0. The number of benzene rings is 1. The van der Waals surface area contributed by atoms with Crippen molar-refractivity contribution in [3.63, 3.8) is 0 Å². The largest absolute Gasteiger partial charge is 0.320 e. The molecule has 3 nitrogen and oxygen atoms in total. The van der Waals surface area contributed by atoms with Gasteiger partial charge in [0.2, 0.25) is 0 Å². The number of carbonyl (C=O) groups excluding carboxylic acids is 1. The van der Waals surface area contributed by atoms with Crippen LogP contribution in [0.4, 0.5) is 0 Å². The lowest BCUT2D eigenvalue weighted by Gasteiger charge is -2.33. The maximum atomic E-state index is 12.7. The predicted octanol–water partition coefficient (Wildman–Crippen LogP) is 4.52. The average molecular weight is 308 g/mol. The van der Waals surface area contributed by atoms with E-state index in [1.54, 1.807) is 0 Å². The maximum absolute atomic E-state index is 12.7. The highest BCUT2D eigenvalue weighted by Crippen LogP contribution is 2.42. The third kappa shape index (κ3) is 2.34. The molecule has 2 aliphatic rings. The maximum Gasteiger partial charge on any atom is 0.181 e. The van der Waals surface area contributed by atoms with Crippen LogP contribution in [0.2, 0.25) is 0 Å². The number of hydrogen-bond acceptors (Lipinski definition) is 2. The molecule has 2 aliphatic carbocycles. The van der Waals surface area contributed by atoms with E-state index in [4.69, 9.17) is 0 Å². The van der Waals surface area contributed by atoms with Crippen molar-refractivity contribution in [1.29, 1.82) is 0 Å². The van der Waals surface area contributed by atoms with Crippen molar-refractivity contribution >= 4 is 5.78 Å². The standard InChI is InChI=1S/C20H24N2O/c1-13-8-9-17(15-7-5-4-6-14(13)15)22-12-21-16-10-20(2,3)11-18(23)19(16)22/h4-7,12-13,17H,8-11H2,1-3H3. The van der Waals surface area contributed by atoms with Gasteiger partial charge in [0.05, 0.1) is 18.1 Å². The molecule has 0 fully saturated rings. The first-order chi connectivity index (χ1) is 11.0. The van der Waals surface area contributed by atoms with Crippen LogP contribution >= 0.6 is 0 Å². The fourth-order valence-electron chi connectivity index (χ4n) is 4.38. The Hall–Kier alpha value is -1.90. The van der Waals surface area contributed by atoms with Gasteiger partial charge in [-0.25, -0.2) is 4.98 Å². The molecule has 4 rings (SSSR count). The van der Waals surface area contributed by atoms with Crippen LogP contribution < -0.4 is 0 Å². The highest BCUT2D eigenvalue weighted by atomic mass is 16.1. The summed E-state index contributed by atoms with van der Waals surface area (Å²) in [6, 6.07) is 8.94. The van der Waals surface area contributed by atoms with Crippen LogP contribution in [0.5, 0.6) is 0 Å². The van der Waals surface area contributed by atoms with E-state index in [9.17, 15) is 4.79 Å². The number of imidazole rings is 1. The molecule has 1 aromatic carbocycles. The van der Waals surface area contributed by atoms with Gasteiger partial charge >= 0.3 is 0 Å². The summed E-state index contributed by atoms with van der Waals surface area (Å²) in [5, 5.41) is 0. The minimum atomic E-state index is 0.0300. The Kier molecular flexibility index (Phi) is 3.22. The van der Waals surface area contributed by atoms with Crippen LogP contribution in [0.1, 0.15) is 79.3 Å². The monoisotopic (exact) mass is 308 g/mol. The molecule has 1 heterocycles. The quantitative estimate of drug-likeness (QED) is 0.776. The second-order valence-electron chi connectivity index (χ2n) is 8.01. The minimum Gasteiger partial charge on any atom is -0.320 e. The van der Waals surface area contributed by atoms with Gasteiger partial charge in [-0.05, 0) is 41.7 Å². The topological polar surface area (TPSA) is 34.9 Å². The van der Waals surface area contributed by atoms with Crippen LogP contribution in [-0.2, 0) is 6.42 Å². The molecule has 0 aliphatic heterocycles. The molecule has 23 heavy (non-hydrogen) atoms. The van der Waals surface area contributed by atoms with Gasteiger partial charge in [-0.2, -0.15) is 0 Å². The molecule has 0 radical (unpaired) electrons. The summed E-state index contributed by atoms with van der Waals surface area (Å²) < 4.78 is 2.16. The van der Waals surface area contributed by atoms with Crippen molar-refractivity contribution < 1.29 is 4.79 Å². The molecule has 1 aromatic heterocycles. The van der Waals surface area contributed by atoms with Gasteiger partial charge in [0.1, 0.15) is 5.69 Å². The van der Waals surface area contributed by atoms with E-state index in [0.29, 0.717) is 12.3 Å². The second kappa shape index (κ2) is 5.05. The molecular weight excluding hydrogens is 284 g/mol. The average Bonchev–Trinajstić information content (AvgIpc) is 2.90. The summed E-state index contributed by atoms with van der Waals surface area (Å²) in [4.78, 5) is 17.4. The minimum absolute atomic E-state index is 0.0300. The third-order valence-electron chi connectivity index (χ3n) is 5.51. The number of carbonyl (C=O) groups is 1. The van der Waals surface area contributed by atoms with Gasteiger partial charge in [-0.3, -0.25) is 4.79 Å². The third-order valence-corrected chi connectivity index (χ3v) is 5.51. The fraction of sp³-hybridized carbons (Fsp3) is 0.500. The predicted molar refractivity (Wildman–Crippen MR) is 90.9 cm³/mol. The van der Waals surface area contributed by atoms with Crippen LogP contribution in [0.3, 0.4) is 0 Å². The molecule has 2 aromatic rings. The lowest BCUT2D eigenvalue weighted by molar-refractivity contribution is 0.0899. The molecule has 0 spiro atoms. The first-order valence-corrected chi connectivity index (χ1v) is 8.64. The van der Waals surface area contributed by atoms with E-state index in [0.717, 1.165) is 30.7 Å².